The number of nitrogens with zero attached hydrogens (tertiary/aromatic N) is 3. The van der Waals surface area contributed by atoms with Crippen LogP contribution in [0.15, 0.2) is 36.0 Å². The third kappa shape index (κ3) is 2.08. The minimum atomic E-state index is -4.52. The number of anilines is 1. The Bertz CT molecular complexity index is 769. The predicted molar refractivity (Wildman–Crippen MR) is 76.3 cm³/mol. The molecular formula is C15H13F3N4. The van der Waals surface area contributed by atoms with Gasteiger partial charge in [-0.3, -0.25) is 0 Å². The first kappa shape index (κ1) is 13.4. The highest BCUT2D eigenvalue weighted by atomic mass is 19.4. The van der Waals surface area contributed by atoms with Crippen molar-refractivity contribution in [3.05, 3.63) is 41.7 Å². The van der Waals surface area contributed by atoms with E-state index in [4.69, 9.17) is 0 Å². The van der Waals surface area contributed by atoms with Crippen LogP contribution in [-0.2, 0) is 6.18 Å². The molecule has 1 N–H and O–H groups in total. The maximum absolute atomic E-state index is 13.4. The van der Waals surface area contributed by atoms with Crippen molar-refractivity contribution in [3.63, 3.8) is 0 Å². The zero-order chi connectivity index (χ0) is 15.3. The summed E-state index contributed by atoms with van der Waals surface area (Å²) in [6.45, 7) is 1.77. The number of aromatic nitrogens is 2. The second kappa shape index (κ2) is 4.59. The number of benzene rings is 1. The normalized spacial score (nSPS) is 21.0. The maximum Gasteiger partial charge on any atom is 0.437 e. The summed E-state index contributed by atoms with van der Waals surface area (Å²) >= 11 is 0. The van der Waals surface area contributed by atoms with Crippen molar-refractivity contribution in [2.75, 3.05) is 24.5 Å². The molecule has 3 heterocycles. The van der Waals surface area contributed by atoms with E-state index in [1.807, 2.05) is 6.20 Å². The molecule has 0 saturated carbocycles. The van der Waals surface area contributed by atoms with Gasteiger partial charge in [0, 0.05) is 25.6 Å². The number of halogens is 3. The van der Waals surface area contributed by atoms with E-state index in [2.05, 4.69) is 15.3 Å². The number of para-hydroxylation sites is 2. The topological polar surface area (TPSA) is 41.1 Å². The number of hydrogen-bond acceptors (Lipinski definition) is 4. The summed E-state index contributed by atoms with van der Waals surface area (Å²) in [5, 5.41) is 3.12. The lowest BCUT2D eigenvalue weighted by Crippen LogP contribution is -2.27. The standard InChI is InChI=1S/C15H13F3N4/c16-15(17,18)13-14(21-12-4-2-1-3-11(12)20-13)22-7-9-5-19-6-10(9)8-22/h1-5,10,19H,6-8H2. The lowest BCUT2D eigenvalue weighted by Gasteiger charge is -2.21. The van der Waals surface area contributed by atoms with Crippen LogP contribution in [-0.4, -0.2) is 29.6 Å². The summed E-state index contributed by atoms with van der Waals surface area (Å²) in [5.74, 6) is 0.191. The molecule has 0 bridgehead atoms. The minimum Gasteiger partial charge on any atom is -0.390 e. The van der Waals surface area contributed by atoms with Gasteiger partial charge in [-0.2, -0.15) is 13.2 Å². The van der Waals surface area contributed by atoms with Crippen LogP contribution in [0.3, 0.4) is 0 Å². The van der Waals surface area contributed by atoms with Crippen LogP contribution in [0.25, 0.3) is 11.0 Å². The van der Waals surface area contributed by atoms with E-state index in [0.717, 1.165) is 12.1 Å². The van der Waals surface area contributed by atoms with Crippen molar-refractivity contribution < 1.29 is 13.2 Å². The quantitative estimate of drug-likeness (QED) is 0.879. The number of rotatable bonds is 1. The smallest absolute Gasteiger partial charge is 0.390 e. The molecule has 4 nitrogen and oxygen atoms in total. The minimum absolute atomic E-state index is 0.0681. The summed E-state index contributed by atoms with van der Waals surface area (Å²) < 4.78 is 40.1. The molecule has 0 spiro atoms. The SMILES string of the molecule is FC(F)(F)c1nc2ccccc2nc1N1CC2=CNCC2C1. The Morgan fingerprint density at radius 1 is 1.14 bits per heavy atom. The molecular weight excluding hydrogens is 293 g/mol. The van der Waals surface area contributed by atoms with Gasteiger partial charge in [-0.1, -0.05) is 12.1 Å². The lowest BCUT2D eigenvalue weighted by atomic mass is 10.1. The monoisotopic (exact) mass is 306 g/mol. The fraction of sp³-hybridized carbons (Fsp3) is 0.333. The Morgan fingerprint density at radius 2 is 1.86 bits per heavy atom. The zero-order valence-corrected chi connectivity index (χ0v) is 11.6. The summed E-state index contributed by atoms with van der Waals surface area (Å²) in [6, 6.07) is 6.64. The van der Waals surface area contributed by atoms with E-state index in [1.54, 1.807) is 29.2 Å². The van der Waals surface area contributed by atoms with Gasteiger partial charge in [0.25, 0.3) is 0 Å². The van der Waals surface area contributed by atoms with Crippen molar-refractivity contribution in [2.24, 2.45) is 5.92 Å². The highest BCUT2D eigenvalue weighted by molar-refractivity contribution is 5.77. The first-order valence-electron chi connectivity index (χ1n) is 7.03. The van der Waals surface area contributed by atoms with Gasteiger partial charge in [-0.25, -0.2) is 9.97 Å². The van der Waals surface area contributed by atoms with Gasteiger partial charge in [0.05, 0.1) is 11.0 Å². The van der Waals surface area contributed by atoms with E-state index in [1.165, 1.54) is 0 Å². The maximum atomic E-state index is 13.4. The van der Waals surface area contributed by atoms with Crippen LogP contribution >= 0.6 is 0 Å². The van der Waals surface area contributed by atoms with Crippen molar-refractivity contribution in [1.82, 2.24) is 15.3 Å². The highest BCUT2D eigenvalue weighted by Gasteiger charge is 2.41. The molecule has 114 valence electrons. The van der Waals surface area contributed by atoms with Crippen LogP contribution in [0.4, 0.5) is 19.0 Å². The van der Waals surface area contributed by atoms with E-state index in [-0.39, 0.29) is 17.3 Å². The summed E-state index contributed by atoms with van der Waals surface area (Å²) in [7, 11) is 0. The van der Waals surface area contributed by atoms with E-state index in [9.17, 15) is 13.2 Å². The van der Waals surface area contributed by atoms with Crippen LogP contribution in [0.5, 0.6) is 0 Å². The molecule has 1 aromatic heterocycles. The number of alkyl halides is 3. The molecule has 1 fully saturated rings. The average Bonchev–Trinajstić information content (AvgIpc) is 3.06. The first-order chi connectivity index (χ1) is 10.5. The predicted octanol–water partition coefficient (Wildman–Crippen LogP) is 2.57. The highest BCUT2D eigenvalue weighted by Crippen LogP contribution is 2.38. The van der Waals surface area contributed by atoms with E-state index >= 15 is 0 Å². The van der Waals surface area contributed by atoms with Crippen LogP contribution in [0.2, 0.25) is 0 Å². The van der Waals surface area contributed by atoms with Crippen molar-refractivity contribution >= 4 is 16.9 Å². The first-order valence-corrected chi connectivity index (χ1v) is 7.03. The van der Waals surface area contributed by atoms with Gasteiger partial charge >= 0.3 is 6.18 Å². The van der Waals surface area contributed by atoms with Crippen LogP contribution in [0.1, 0.15) is 5.69 Å². The van der Waals surface area contributed by atoms with Gasteiger partial charge in [0.2, 0.25) is 0 Å². The average molecular weight is 306 g/mol. The second-order valence-electron chi connectivity index (χ2n) is 5.59. The Balaban J connectivity index is 1.84. The fourth-order valence-electron chi connectivity index (χ4n) is 3.05. The number of fused-ring (bicyclic) bond motifs is 2. The number of nitrogens with one attached hydrogen (secondary N) is 1. The molecule has 4 rings (SSSR count). The van der Waals surface area contributed by atoms with E-state index < -0.39 is 11.9 Å². The molecule has 1 aromatic carbocycles. The largest absolute Gasteiger partial charge is 0.437 e. The van der Waals surface area contributed by atoms with Crippen molar-refractivity contribution in [1.29, 1.82) is 0 Å². The third-order valence-corrected chi connectivity index (χ3v) is 4.11. The molecule has 2 aromatic rings. The van der Waals surface area contributed by atoms with E-state index in [0.29, 0.717) is 18.6 Å². The van der Waals surface area contributed by atoms with Crippen LogP contribution < -0.4 is 10.2 Å². The summed E-state index contributed by atoms with van der Waals surface area (Å²) in [5.41, 5.74) is 0.969. The Morgan fingerprint density at radius 3 is 2.55 bits per heavy atom. The third-order valence-electron chi connectivity index (χ3n) is 4.11. The van der Waals surface area contributed by atoms with Gasteiger partial charge in [0.1, 0.15) is 0 Å². The zero-order valence-electron chi connectivity index (χ0n) is 11.6. The molecule has 22 heavy (non-hydrogen) atoms. The summed E-state index contributed by atoms with van der Waals surface area (Å²) in [4.78, 5) is 9.75. The fourth-order valence-corrected chi connectivity index (χ4v) is 3.05. The molecule has 7 heteroatoms. The van der Waals surface area contributed by atoms with Crippen LogP contribution in [0, 0.1) is 5.92 Å². The Hall–Kier alpha value is -2.31. The van der Waals surface area contributed by atoms with Gasteiger partial charge in [-0.15, -0.1) is 0 Å². The Labute approximate surface area is 124 Å². The van der Waals surface area contributed by atoms with Gasteiger partial charge in [-0.05, 0) is 23.9 Å². The molecule has 0 radical (unpaired) electrons. The number of hydrogen-bond donors (Lipinski definition) is 1. The van der Waals surface area contributed by atoms with Gasteiger partial charge in [0.15, 0.2) is 11.5 Å². The lowest BCUT2D eigenvalue weighted by molar-refractivity contribution is -0.140. The molecule has 0 amide bonds. The molecule has 1 saturated heterocycles. The molecule has 1 unspecified atom stereocenters. The second-order valence-corrected chi connectivity index (χ2v) is 5.59. The molecule has 0 aliphatic carbocycles. The van der Waals surface area contributed by atoms with Crippen molar-refractivity contribution in [2.45, 2.75) is 6.18 Å². The molecule has 1 atom stereocenters. The Kier molecular flexibility index (Phi) is 2.79. The molecule has 2 aliphatic heterocycles. The molecule has 2 aliphatic rings. The van der Waals surface area contributed by atoms with Gasteiger partial charge < -0.3 is 10.2 Å². The summed E-state index contributed by atoms with van der Waals surface area (Å²) in [6.07, 6.45) is -2.62. The van der Waals surface area contributed by atoms with Crippen molar-refractivity contribution in [3.8, 4) is 0 Å².